The fourth-order valence-corrected chi connectivity index (χ4v) is 2.53. The highest BCUT2D eigenvalue weighted by Crippen LogP contribution is 2.20. The van der Waals surface area contributed by atoms with Gasteiger partial charge >= 0.3 is 0 Å². The molecule has 1 saturated heterocycles. The molecular weight excluding hydrogens is 178 g/mol. The van der Waals surface area contributed by atoms with Gasteiger partial charge in [0.2, 0.25) is 0 Å². The predicted molar refractivity (Wildman–Crippen MR) is 55.4 cm³/mol. The van der Waals surface area contributed by atoms with Crippen molar-refractivity contribution in [3.05, 3.63) is 0 Å². The highest BCUT2D eigenvalue weighted by molar-refractivity contribution is 4.85. The quantitative estimate of drug-likeness (QED) is 0.743. The summed E-state index contributed by atoms with van der Waals surface area (Å²) in [5.74, 6) is 0. The van der Waals surface area contributed by atoms with Crippen molar-refractivity contribution in [1.29, 1.82) is 0 Å². The molecule has 0 aromatic carbocycles. The highest BCUT2D eigenvalue weighted by atomic mass is 16.5. The summed E-state index contributed by atoms with van der Waals surface area (Å²) in [5.41, 5.74) is 0. The highest BCUT2D eigenvalue weighted by Gasteiger charge is 2.28. The fraction of sp³-hybridized carbons (Fsp3) is 1.00. The lowest BCUT2D eigenvalue weighted by molar-refractivity contribution is -0.0519. The number of rotatable bonds is 3. The third-order valence-corrected chi connectivity index (χ3v) is 3.41. The SMILES string of the molecule is CO[C@@H]1COCC[C@@H]1NC1CCCC1. The van der Waals surface area contributed by atoms with E-state index in [-0.39, 0.29) is 6.10 Å². The molecule has 1 heterocycles. The second kappa shape index (κ2) is 5.10. The van der Waals surface area contributed by atoms with Crippen LogP contribution in [0.1, 0.15) is 32.1 Å². The molecule has 1 saturated carbocycles. The first kappa shape index (κ1) is 10.4. The monoisotopic (exact) mass is 199 g/mol. The van der Waals surface area contributed by atoms with Crippen molar-refractivity contribution >= 4 is 0 Å². The van der Waals surface area contributed by atoms with E-state index in [0.29, 0.717) is 6.04 Å². The van der Waals surface area contributed by atoms with Gasteiger partial charge < -0.3 is 14.8 Å². The van der Waals surface area contributed by atoms with Crippen molar-refractivity contribution in [1.82, 2.24) is 5.32 Å². The molecule has 2 fully saturated rings. The molecule has 2 rings (SSSR count). The Labute approximate surface area is 86.2 Å². The van der Waals surface area contributed by atoms with Crippen molar-refractivity contribution < 1.29 is 9.47 Å². The third-order valence-electron chi connectivity index (χ3n) is 3.41. The van der Waals surface area contributed by atoms with Gasteiger partial charge in [0.05, 0.1) is 12.7 Å². The zero-order chi connectivity index (χ0) is 9.80. The lowest BCUT2D eigenvalue weighted by atomic mass is 10.0. The third kappa shape index (κ3) is 2.47. The van der Waals surface area contributed by atoms with E-state index < -0.39 is 0 Å². The molecule has 2 aliphatic rings. The van der Waals surface area contributed by atoms with Crippen LogP contribution in [0, 0.1) is 0 Å². The molecule has 0 aromatic heterocycles. The molecule has 0 unspecified atom stereocenters. The Bertz CT molecular complexity index is 169. The van der Waals surface area contributed by atoms with Crippen LogP contribution in [0.4, 0.5) is 0 Å². The molecule has 1 aliphatic heterocycles. The van der Waals surface area contributed by atoms with E-state index in [4.69, 9.17) is 9.47 Å². The maximum atomic E-state index is 5.43. The van der Waals surface area contributed by atoms with Crippen molar-refractivity contribution in [3.8, 4) is 0 Å². The Morgan fingerprint density at radius 1 is 1.21 bits per heavy atom. The minimum absolute atomic E-state index is 0.254. The number of methoxy groups -OCH3 is 1. The predicted octanol–water partition coefficient (Wildman–Crippen LogP) is 1.32. The molecule has 1 aliphatic carbocycles. The molecule has 0 radical (unpaired) electrons. The molecule has 0 bridgehead atoms. The first-order chi connectivity index (χ1) is 6.90. The Balaban J connectivity index is 1.81. The molecule has 14 heavy (non-hydrogen) atoms. The van der Waals surface area contributed by atoms with Gasteiger partial charge in [0.25, 0.3) is 0 Å². The molecule has 1 N–H and O–H groups in total. The molecule has 3 heteroatoms. The summed E-state index contributed by atoms with van der Waals surface area (Å²) in [4.78, 5) is 0. The van der Waals surface area contributed by atoms with Gasteiger partial charge in [-0.15, -0.1) is 0 Å². The van der Waals surface area contributed by atoms with Gasteiger partial charge in [-0.05, 0) is 19.3 Å². The molecule has 82 valence electrons. The summed E-state index contributed by atoms with van der Waals surface area (Å²) in [7, 11) is 1.78. The first-order valence-electron chi connectivity index (χ1n) is 5.76. The second-order valence-corrected chi connectivity index (χ2v) is 4.39. The molecule has 0 aromatic rings. The average Bonchev–Trinajstić information content (AvgIpc) is 2.71. The normalized spacial score (nSPS) is 34.9. The van der Waals surface area contributed by atoms with E-state index in [1.165, 1.54) is 25.7 Å². The van der Waals surface area contributed by atoms with Crippen molar-refractivity contribution in [2.24, 2.45) is 0 Å². The van der Waals surface area contributed by atoms with Gasteiger partial charge in [-0.25, -0.2) is 0 Å². The summed E-state index contributed by atoms with van der Waals surface area (Å²) in [5, 5.41) is 3.71. The van der Waals surface area contributed by atoms with Gasteiger partial charge in [0.1, 0.15) is 0 Å². The minimum Gasteiger partial charge on any atom is -0.379 e. The molecular formula is C11H21NO2. The van der Waals surface area contributed by atoms with Gasteiger partial charge in [0.15, 0.2) is 0 Å². The lowest BCUT2D eigenvalue weighted by Crippen LogP contribution is -2.50. The average molecular weight is 199 g/mol. The summed E-state index contributed by atoms with van der Waals surface area (Å²) in [6, 6.07) is 1.24. The fourth-order valence-electron chi connectivity index (χ4n) is 2.53. The van der Waals surface area contributed by atoms with Crippen LogP contribution in [-0.2, 0) is 9.47 Å². The standard InChI is InChI=1S/C11H21NO2/c1-13-11-8-14-7-6-10(11)12-9-4-2-3-5-9/h9-12H,2-8H2,1H3/t10-,11+/m0/s1. The summed E-state index contributed by atoms with van der Waals surface area (Å²) >= 11 is 0. The number of hydrogen-bond donors (Lipinski definition) is 1. The van der Waals surface area contributed by atoms with E-state index in [0.717, 1.165) is 25.7 Å². The number of ether oxygens (including phenoxy) is 2. The van der Waals surface area contributed by atoms with Crippen molar-refractivity contribution in [2.45, 2.75) is 50.3 Å². The van der Waals surface area contributed by atoms with Gasteiger partial charge in [-0.2, -0.15) is 0 Å². The number of hydrogen-bond acceptors (Lipinski definition) is 3. The van der Waals surface area contributed by atoms with E-state index in [2.05, 4.69) is 5.32 Å². The maximum Gasteiger partial charge on any atom is 0.0958 e. The summed E-state index contributed by atoms with van der Waals surface area (Å²) in [6.45, 7) is 1.63. The van der Waals surface area contributed by atoms with Crippen molar-refractivity contribution in [3.63, 3.8) is 0 Å². The van der Waals surface area contributed by atoms with Crippen LogP contribution >= 0.6 is 0 Å². The first-order valence-corrected chi connectivity index (χ1v) is 5.76. The largest absolute Gasteiger partial charge is 0.379 e. The van der Waals surface area contributed by atoms with E-state index in [9.17, 15) is 0 Å². The van der Waals surface area contributed by atoms with Gasteiger partial charge in [-0.3, -0.25) is 0 Å². The second-order valence-electron chi connectivity index (χ2n) is 4.39. The van der Waals surface area contributed by atoms with Crippen LogP contribution in [0.2, 0.25) is 0 Å². The zero-order valence-electron chi connectivity index (χ0n) is 9.00. The molecule has 0 amide bonds. The van der Waals surface area contributed by atoms with Crippen LogP contribution in [-0.4, -0.2) is 38.5 Å². The van der Waals surface area contributed by atoms with E-state index in [1.807, 2.05) is 0 Å². The Morgan fingerprint density at radius 3 is 2.71 bits per heavy atom. The zero-order valence-corrected chi connectivity index (χ0v) is 9.00. The Kier molecular flexibility index (Phi) is 3.79. The van der Waals surface area contributed by atoms with Crippen LogP contribution in [0.5, 0.6) is 0 Å². The summed E-state index contributed by atoms with van der Waals surface area (Å²) < 4.78 is 10.8. The van der Waals surface area contributed by atoms with Gasteiger partial charge in [0, 0.05) is 25.8 Å². The molecule has 3 nitrogen and oxygen atoms in total. The summed E-state index contributed by atoms with van der Waals surface area (Å²) in [6.07, 6.45) is 6.80. The van der Waals surface area contributed by atoms with Crippen LogP contribution in [0.25, 0.3) is 0 Å². The van der Waals surface area contributed by atoms with Gasteiger partial charge in [-0.1, -0.05) is 12.8 Å². The molecule has 2 atom stereocenters. The van der Waals surface area contributed by atoms with Crippen LogP contribution in [0.15, 0.2) is 0 Å². The van der Waals surface area contributed by atoms with E-state index in [1.54, 1.807) is 7.11 Å². The van der Waals surface area contributed by atoms with Crippen LogP contribution in [0.3, 0.4) is 0 Å². The smallest absolute Gasteiger partial charge is 0.0958 e. The molecule has 0 spiro atoms. The lowest BCUT2D eigenvalue weighted by Gasteiger charge is -2.33. The van der Waals surface area contributed by atoms with Crippen molar-refractivity contribution in [2.75, 3.05) is 20.3 Å². The van der Waals surface area contributed by atoms with Crippen LogP contribution < -0.4 is 5.32 Å². The maximum absolute atomic E-state index is 5.43. The Morgan fingerprint density at radius 2 is 2.00 bits per heavy atom. The Hall–Kier alpha value is -0.120. The number of nitrogens with one attached hydrogen (secondary N) is 1. The minimum atomic E-state index is 0.254. The van der Waals surface area contributed by atoms with E-state index >= 15 is 0 Å². The topological polar surface area (TPSA) is 30.5 Å².